The molecular formula is C14H26N2O2. The van der Waals surface area contributed by atoms with Gasteiger partial charge in [-0.15, -0.1) is 0 Å². The van der Waals surface area contributed by atoms with Gasteiger partial charge >= 0.3 is 0 Å². The SMILES string of the molecule is CCC1CCN(C(=O)C2CCCOC2)C(CN)C1. The monoisotopic (exact) mass is 254 g/mol. The summed E-state index contributed by atoms with van der Waals surface area (Å²) in [4.78, 5) is 14.5. The number of nitrogens with zero attached hydrogens (tertiary/aromatic N) is 1. The van der Waals surface area contributed by atoms with Gasteiger partial charge in [-0.05, 0) is 31.6 Å². The number of ether oxygens (including phenoxy) is 1. The lowest BCUT2D eigenvalue weighted by atomic mass is 9.87. The molecule has 2 heterocycles. The van der Waals surface area contributed by atoms with Crippen molar-refractivity contribution in [3.63, 3.8) is 0 Å². The Morgan fingerprint density at radius 3 is 2.89 bits per heavy atom. The molecular weight excluding hydrogens is 228 g/mol. The molecule has 0 aliphatic carbocycles. The zero-order valence-corrected chi connectivity index (χ0v) is 11.4. The number of amides is 1. The summed E-state index contributed by atoms with van der Waals surface area (Å²) in [5.41, 5.74) is 5.85. The molecule has 18 heavy (non-hydrogen) atoms. The van der Waals surface area contributed by atoms with Gasteiger partial charge in [0.2, 0.25) is 5.91 Å². The predicted molar refractivity (Wildman–Crippen MR) is 71.1 cm³/mol. The van der Waals surface area contributed by atoms with Crippen LogP contribution in [0.2, 0.25) is 0 Å². The van der Waals surface area contributed by atoms with E-state index < -0.39 is 0 Å². The Kier molecular flexibility index (Phi) is 5.01. The van der Waals surface area contributed by atoms with E-state index in [0.29, 0.717) is 13.2 Å². The highest BCUT2D eigenvalue weighted by Gasteiger charge is 2.34. The summed E-state index contributed by atoms with van der Waals surface area (Å²) in [6.07, 6.45) is 5.39. The van der Waals surface area contributed by atoms with Crippen molar-refractivity contribution in [2.75, 3.05) is 26.3 Å². The van der Waals surface area contributed by atoms with Gasteiger partial charge in [-0.25, -0.2) is 0 Å². The maximum absolute atomic E-state index is 12.5. The second kappa shape index (κ2) is 6.53. The van der Waals surface area contributed by atoms with E-state index in [1.54, 1.807) is 0 Å². The van der Waals surface area contributed by atoms with E-state index in [-0.39, 0.29) is 17.9 Å². The summed E-state index contributed by atoms with van der Waals surface area (Å²) in [5.74, 6) is 1.09. The van der Waals surface area contributed by atoms with Gasteiger partial charge in [-0.3, -0.25) is 4.79 Å². The van der Waals surface area contributed by atoms with Crippen molar-refractivity contribution < 1.29 is 9.53 Å². The summed E-state index contributed by atoms with van der Waals surface area (Å²) in [7, 11) is 0. The van der Waals surface area contributed by atoms with Gasteiger partial charge < -0.3 is 15.4 Å². The third-order valence-corrected chi connectivity index (χ3v) is 4.47. The molecule has 0 radical (unpaired) electrons. The first-order chi connectivity index (χ1) is 8.76. The highest BCUT2D eigenvalue weighted by molar-refractivity contribution is 5.79. The number of hydrogen-bond donors (Lipinski definition) is 1. The molecule has 2 aliphatic rings. The van der Waals surface area contributed by atoms with Crippen molar-refractivity contribution in [1.29, 1.82) is 0 Å². The summed E-state index contributed by atoms with van der Waals surface area (Å²) in [5, 5.41) is 0. The molecule has 2 saturated heterocycles. The van der Waals surface area contributed by atoms with E-state index in [1.807, 2.05) is 4.90 Å². The van der Waals surface area contributed by atoms with Crippen LogP contribution in [0.5, 0.6) is 0 Å². The molecule has 4 heteroatoms. The van der Waals surface area contributed by atoms with Crippen LogP contribution in [-0.4, -0.2) is 43.2 Å². The van der Waals surface area contributed by atoms with Gasteiger partial charge in [0, 0.05) is 25.7 Å². The number of hydrogen-bond acceptors (Lipinski definition) is 3. The number of piperidine rings is 1. The third kappa shape index (κ3) is 3.04. The van der Waals surface area contributed by atoms with Gasteiger partial charge in [0.25, 0.3) is 0 Å². The van der Waals surface area contributed by atoms with E-state index in [1.165, 1.54) is 6.42 Å². The van der Waals surface area contributed by atoms with Crippen LogP contribution in [0, 0.1) is 11.8 Å². The Morgan fingerprint density at radius 2 is 2.28 bits per heavy atom. The Bertz CT molecular complexity index is 277. The summed E-state index contributed by atoms with van der Waals surface area (Å²) in [6.45, 7) is 5.11. The maximum atomic E-state index is 12.5. The van der Waals surface area contributed by atoms with Crippen LogP contribution in [0.1, 0.15) is 39.0 Å². The molecule has 3 unspecified atom stereocenters. The van der Waals surface area contributed by atoms with Crippen LogP contribution in [0.4, 0.5) is 0 Å². The molecule has 1 amide bonds. The van der Waals surface area contributed by atoms with Crippen LogP contribution in [-0.2, 0) is 9.53 Å². The Morgan fingerprint density at radius 1 is 1.44 bits per heavy atom. The largest absolute Gasteiger partial charge is 0.381 e. The lowest BCUT2D eigenvalue weighted by molar-refractivity contribution is -0.144. The molecule has 0 aromatic rings. The minimum atomic E-state index is 0.0750. The minimum Gasteiger partial charge on any atom is -0.381 e. The Labute approximate surface area is 110 Å². The minimum absolute atomic E-state index is 0.0750. The summed E-state index contributed by atoms with van der Waals surface area (Å²) < 4.78 is 5.43. The van der Waals surface area contributed by atoms with Crippen molar-refractivity contribution in [2.24, 2.45) is 17.6 Å². The molecule has 0 aromatic carbocycles. The van der Waals surface area contributed by atoms with E-state index in [9.17, 15) is 4.79 Å². The maximum Gasteiger partial charge on any atom is 0.228 e. The van der Waals surface area contributed by atoms with E-state index in [4.69, 9.17) is 10.5 Å². The number of carbonyl (C=O) groups is 1. The van der Waals surface area contributed by atoms with E-state index in [0.717, 1.165) is 44.8 Å². The Balaban J connectivity index is 1.95. The number of carbonyl (C=O) groups excluding carboxylic acids is 1. The van der Waals surface area contributed by atoms with Crippen molar-refractivity contribution in [2.45, 2.75) is 45.1 Å². The third-order valence-electron chi connectivity index (χ3n) is 4.47. The fraction of sp³-hybridized carbons (Fsp3) is 0.929. The fourth-order valence-electron chi connectivity index (χ4n) is 3.19. The number of rotatable bonds is 3. The molecule has 0 aromatic heterocycles. The van der Waals surface area contributed by atoms with Crippen molar-refractivity contribution >= 4 is 5.91 Å². The highest BCUT2D eigenvalue weighted by Crippen LogP contribution is 2.27. The molecule has 2 fully saturated rings. The smallest absolute Gasteiger partial charge is 0.228 e. The van der Waals surface area contributed by atoms with Gasteiger partial charge in [0.05, 0.1) is 12.5 Å². The van der Waals surface area contributed by atoms with Gasteiger partial charge in [-0.2, -0.15) is 0 Å². The molecule has 2 rings (SSSR count). The molecule has 104 valence electrons. The average Bonchev–Trinajstić information content (AvgIpc) is 2.46. The normalized spacial score (nSPS) is 33.4. The van der Waals surface area contributed by atoms with Crippen LogP contribution in [0.25, 0.3) is 0 Å². The van der Waals surface area contributed by atoms with Gasteiger partial charge in [0.15, 0.2) is 0 Å². The van der Waals surface area contributed by atoms with Crippen molar-refractivity contribution in [3.8, 4) is 0 Å². The topological polar surface area (TPSA) is 55.6 Å². The van der Waals surface area contributed by atoms with Crippen LogP contribution >= 0.6 is 0 Å². The zero-order valence-electron chi connectivity index (χ0n) is 11.4. The molecule has 0 bridgehead atoms. The first-order valence-electron chi connectivity index (χ1n) is 7.34. The van der Waals surface area contributed by atoms with Crippen LogP contribution < -0.4 is 5.73 Å². The fourth-order valence-corrected chi connectivity index (χ4v) is 3.19. The molecule has 2 aliphatic heterocycles. The molecule has 3 atom stereocenters. The quantitative estimate of drug-likeness (QED) is 0.828. The predicted octanol–water partition coefficient (Wildman–Crippen LogP) is 1.39. The second-order valence-corrected chi connectivity index (χ2v) is 5.63. The first kappa shape index (κ1) is 13.8. The molecule has 0 spiro atoms. The second-order valence-electron chi connectivity index (χ2n) is 5.63. The van der Waals surface area contributed by atoms with E-state index in [2.05, 4.69) is 6.92 Å². The average molecular weight is 254 g/mol. The molecule has 0 saturated carbocycles. The zero-order chi connectivity index (χ0) is 13.0. The standard InChI is InChI=1S/C14H26N2O2/c1-2-11-5-6-16(13(8-11)9-15)14(17)12-4-3-7-18-10-12/h11-13H,2-10,15H2,1H3. The number of nitrogens with two attached hydrogens (primary N) is 1. The van der Waals surface area contributed by atoms with Crippen LogP contribution in [0.15, 0.2) is 0 Å². The van der Waals surface area contributed by atoms with E-state index >= 15 is 0 Å². The molecule has 4 nitrogen and oxygen atoms in total. The van der Waals surface area contributed by atoms with Crippen LogP contribution in [0.3, 0.4) is 0 Å². The summed E-state index contributed by atoms with van der Waals surface area (Å²) >= 11 is 0. The lowest BCUT2D eigenvalue weighted by Gasteiger charge is -2.41. The number of likely N-dealkylation sites (tertiary alicyclic amines) is 1. The first-order valence-corrected chi connectivity index (χ1v) is 7.34. The highest BCUT2D eigenvalue weighted by atomic mass is 16.5. The van der Waals surface area contributed by atoms with Gasteiger partial charge in [-0.1, -0.05) is 13.3 Å². The van der Waals surface area contributed by atoms with Crippen molar-refractivity contribution in [3.05, 3.63) is 0 Å². The Hall–Kier alpha value is -0.610. The van der Waals surface area contributed by atoms with Crippen molar-refractivity contribution in [1.82, 2.24) is 4.90 Å². The lowest BCUT2D eigenvalue weighted by Crippen LogP contribution is -2.52. The molecule has 2 N–H and O–H groups in total. The van der Waals surface area contributed by atoms with Gasteiger partial charge in [0.1, 0.15) is 0 Å². The summed E-state index contributed by atoms with van der Waals surface area (Å²) in [6, 6.07) is 0.248.